The number of anilines is 3. The van der Waals surface area contributed by atoms with Crippen molar-refractivity contribution in [1.29, 1.82) is 0 Å². The Kier molecular flexibility index (Phi) is 5.41. The molecule has 5 heteroatoms. The molecule has 0 aliphatic rings. The molecule has 1 amide bonds. The van der Waals surface area contributed by atoms with Gasteiger partial charge in [-0.1, -0.05) is 29.8 Å². The number of aryl methyl sites for hydroxylation is 3. The van der Waals surface area contributed by atoms with E-state index in [-0.39, 0.29) is 5.91 Å². The summed E-state index contributed by atoms with van der Waals surface area (Å²) in [5, 5.41) is 6.21. The first-order valence-corrected chi connectivity index (χ1v) is 8.73. The molecule has 3 aromatic rings. The van der Waals surface area contributed by atoms with Crippen molar-refractivity contribution >= 4 is 23.1 Å². The minimum absolute atomic E-state index is 0.220. The van der Waals surface area contributed by atoms with Crippen LogP contribution in [0.1, 0.15) is 27.0 Å². The van der Waals surface area contributed by atoms with Crippen LogP contribution in [0, 0.1) is 20.8 Å². The van der Waals surface area contributed by atoms with Gasteiger partial charge < -0.3 is 15.4 Å². The monoisotopic (exact) mass is 361 g/mol. The third-order valence-electron chi connectivity index (χ3n) is 4.31. The molecule has 1 heterocycles. The average molecular weight is 361 g/mol. The number of carbonyl (C=O) groups excluding carboxylic acids is 1. The number of benzene rings is 2. The fourth-order valence-electron chi connectivity index (χ4n) is 3.09. The smallest absolute Gasteiger partial charge is 0.255 e. The van der Waals surface area contributed by atoms with Crippen LogP contribution in [0.4, 0.5) is 17.2 Å². The Bertz CT molecular complexity index is 960. The maximum absolute atomic E-state index is 12.6. The number of hydrogen-bond acceptors (Lipinski definition) is 4. The molecule has 5 nitrogen and oxygen atoms in total. The summed E-state index contributed by atoms with van der Waals surface area (Å²) < 4.78 is 5.28. The van der Waals surface area contributed by atoms with E-state index in [0.29, 0.717) is 22.8 Å². The Morgan fingerprint density at radius 2 is 1.70 bits per heavy atom. The molecular formula is C22H23N3O2. The van der Waals surface area contributed by atoms with E-state index in [1.165, 1.54) is 5.56 Å². The van der Waals surface area contributed by atoms with E-state index in [2.05, 4.69) is 48.5 Å². The Balaban J connectivity index is 1.82. The summed E-state index contributed by atoms with van der Waals surface area (Å²) in [5.74, 6) is 1.02. The molecule has 0 saturated carbocycles. The van der Waals surface area contributed by atoms with E-state index >= 15 is 0 Å². The average Bonchev–Trinajstić information content (AvgIpc) is 2.65. The van der Waals surface area contributed by atoms with E-state index in [0.717, 1.165) is 16.8 Å². The standard InChI is InChI=1S/C22H23N3O2/c1-14-11-15(2)21(16(3)12-14)25-20-13-17(9-10-23-20)22(26)24-18-7-5-6-8-19(18)27-4/h5-13H,1-4H3,(H,23,25)(H,24,26). The van der Waals surface area contributed by atoms with Crippen LogP contribution in [-0.2, 0) is 0 Å². The molecule has 2 aromatic carbocycles. The molecule has 0 aliphatic carbocycles. The molecule has 27 heavy (non-hydrogen) atoms. The van der Waals surface area contributed by atoms with Crippen LogP contribution in [0.15, 0.2) is 54.7 Å². The number of hydrogen-bond donors (Lipinski definition) is 2. The van der Waals surface area contributed by atoms with Crippen molar-refractivity contribution in [2.24, 2.45) is 0 Å². The number of aromatic nitrogens is 1. The lowest BCUT2D eigenvalue weighted by Crippen LogP contribution is -2.13. The van der Waals surface area contributed by atoms with Gasteiger partial charge in [-0.25, -0.2) is 4.98 Å². The Morgan fingerprint density at radius 1 is 1.00 bits per heavy atom. The van der Waals surface area contributed by atoms with Gasteiger partial charge in [0, 0.05) is 17.4 Å². The van der Waals surface area contributed by atoms with Crippen molar-refractivity contribution in [1.82, 2.24) is 4.98 Å². The molecule has 0 spiro atoms. The number of ether oxygens (including phenoxy) is 1. The predicted octanol–water partition coefficient (Wildman–Crippen LogP) is 5.01. The maximum Gasteiger partial charge on any atom is 0.255 e. The lowest BCUT2D eigenvalue weighted by Gasteiger charge is -2.14. The van der Waals surface area contributed by atoms with E-state index in [1.807, 2.05) is 12.1 Å². The number of pyridine rings is 1. The van der Waals surface area contributed by atoms with E-state index < -0.39 is 0 Å². The second-order valence-electron chi connectivity index (χ2n) is 6.48. The number of amides is 1. The molecule has 0 saturated heterocycles. The molecule has 3 rings (SSSR count). The summed E-state index contributed by atoms with van der Waals surface area (Å²) in [6.07, 6.45) is 1.62. The summed E-state index contributed by atoms with van der Waals surface area (Å²) in [6.45, 7) is 6.19. The van der Waals surface area contributed by atoms with Crippen LogP contribution in [0.2, 0.25) is 0 Å². The highest BCUT2D eigenvalue weighted by molar-refractivity contribution is 6.05. The second-order valence-corrected chi connectivity index (χ2v) is 6.48. The molecule has 0 radical (unpaired) electrons. The highest BCUT2D eigenvalue weighted by Gasteiger charge is 2.11. The van der Waals surface area contributed by atoms with E-state index in [4.69, 9.17) is 4.74 Å². The lowest BCUT2D eigenvalue weighted by molar-refractivity contribution is 0.102. The van der Waals surface area contributed by atoms with Crippen LogP contribution >= 0.6 is 0 Å². The van der Waals surface area contributed by atoms with Crippen molar-refractivity contribution in [3.8, 4) is 5.75 Å². The minimum Gasteiger partial charge on any atom is -0.495 e. The Morgan fingerprint density at radius 3 is 2.41 bits per heavy atom. The van der Waals surface area contributed by atoms with Crippen LogP contribution in [-0.4, -0.2) is 18.0 Å². The largest absolute Gasteiger partial charge is 0.495 e. The summed E-state index contributed by atoms with van der Waals surface area (Å²) in [6, 6.07) is 15.0. The third-order valence-corrected chi connectivity index (χ3v) is 4.31. The summed E-state index contributed by atoms with van der Waals surface area (Å²) >= 11 is 0. The Labute approximate surface area is 159 Å². The van der Waals surface area contributed by atoms with Crippen molar-refractivity contribution in [3.05, 3.63) is 77.0 Å². The van der Waals surface area contributed by atoms with Crippen molar-refractivity contribution in [2.45, 2.75) is 20.8 Å². The molecule has 138 valence electrons. The fourth-order valence-corrected chi connectivity index (χ4v) is 3.09. The van der Waals surface area contributed by atoms with Crippen LogP contribution in [0.5, 0.6) is 5.75 Å². The van der Waals surface area contributed by atoms with Gasteiger partial charge in [-0.15, -0.1) is 0 Å². The van der Waals surface area contributed by atoms with Gasteiger partial charge in [0.25, 0.3) is 5.91 Å². The first kappa shape index (κ1) is 18.5. The topological polar surface area (TPSA) is 63.2 Å². The maximum atomic E-state index is 12.6. The minimum atomic E-state index is -0.220. The van der Waals surface area contributed by atoms with Gasteiger partial charge in [-0.05, 0) is 56.2 Å². The predicted molar refractivity (Wildman–Crippen MR) is 109 cm³/mol. The summed E-state index contributed by atoms with van der Waals surface area (Å²) in [7, 11) is 1.58. The van der Waals surface area contributed by atoms with Gasteiger partial charge in [0.1, 0.15) is 11.6 Å². The van der Waals surface area contributed by atoms with Gasteiger partial charge >= 0.3 is 0 Å². The zero-order valence-corrected chi connectivity index (χ0v) is 16.0. The zero-order chi connectivity index (χ0) is 19.4. The number of methoxy groups -OCH3 is 1. The van der Waals surface area contributed by atoms with E-state index in [9.17, 15) is 4.79 Å². The molecule has 0 aliphatic heterocycles. The quantitative estimate of drug-likeness (QED) is 0.670. The zero-order valence-electron chi connectivity index (χ0n) is 16.0. The summed E-state index contributed by atoms with van der Waals surface area (Å²) in [5.41, 5.74) is 5.64. The van der Waals surface area contributed by atoms with Crippen molar-refractivity contribution < 1.29 is 9.53 Å². The molecule has 0 fully saturated rings. The van der Waals surface area contributed by atoms with Gasteiger partial charge in [0.05, 0.1) is 12.8 Å². The van der Waals surface area contributed by atoms with Crippen LogP contribution in [0.3, 0.4) is 0 Å². The second kappa shape index (κ2) is 7.91. The highest BCUT2D eigenvalue weighted by Crippen LogP contribution is 2.26. The number of para-hydroxylation sites is 2. The number of nitrogens with zero attached hydrogens (tertiary/aromatic N) is 1. The fraction of sp³-hybridized carbons (Fsp3) is 0.182. The highest BCUT2D eigenvalue weighted by atomic mass is 16.5. The molecule has 1 aromatic heterocycles. The summed E-state index contributed by atoms with van der Waals surface area (Å²) in [4.78, 5) is 17.0. The number of carbonyl (C=O) groups is 1. The number of rotatable bonds is 5. The first-order valence-electron chi connectivity index (χ1n) is 8.73. The van der Waals surface area contributed by atoms with E-state index in [1.54, 1.807) is 37.6 Å². The van der Waals surface area contributed by atoms with Gasteiger partial charge in [0.15, 0.2) is 0 Å². The third kappa shape index (κ3) is 4.26. The Hall–Kier alpha value is -3.34. The first-order chi connectivity index (χ1) is 13.0. The molecule has 2 N–H and O–H groups in total. The number of nitrogens with one attached hydrogen (secondary N) is 2. The SMILES string of the molecule is COc1ccccc1NC(=O)c1ccnc(Nc2c(C)cc(C)cc2C)c1. The van der Waals surface area contributed by atoms with Gasteiger partial charge in [-0.2, -0.15) is 0 Å². The molecule has 0 bridgehead atoms. The molecule has 0 unspecified atom stereocenters. The van der Waals surface area contributed by atoms with Crippen molar-refractivity contribution in [3.63, 3.8) is 0 Å². The lowest BCUT2D eigenvalue weighted by atomic mass is 10.1. The van der Waals surface area contributed by atoms with Crippen molar-refractivity contribution in [2.75, 3.05) is 17.7 Å². The molecular weight excluding hydrogens is 338 g/mol. The molecule has 0 atom stereocenters. The normalized spacial score (nSPS) is 10.4. The van der Waals surface area contributed by atoms with Gasteiger partial charge in [0.2, 0.25) is 0 Å². The van der Waals surface area contributed by atoms with Gasteiger partial charge in [-0.3, -0.25) is 4.79 Å². The van der Waals surface area contributed by atoms with Crippen LogP contribution in [0.25, 0.3) is 0 Å². The van der Waals surface area contributed by atoms with Crippen LogP contribution < -0.4 is 15.4 Å².